The second kappa shape index (κ2) is 6.68. The van der Waals surface area contributed by atoms with E-state index < -0.39 is 6.10 Å². The summed E-state index contributed by atoms with van der Waals surface area (Å²) in [4.78, 5) is 1.24. The van der Waals surface area contributed by atoms with Crippen LogP contribution in [-0.2, 0) is 6.54 Å². The van der Waals surface area contributed by atoms with Gasteiger partial charge < -0.3 is 10.4 Å². The maximum Gasteiger partial charge on any atom is 0.0914 e. The summed E-state index contributed by atoms with van der Waals surface area (Å²) in [5.41, 5.74) is 0.874. The molecule has 1 unspecified atom stereocenters. The maximum absolute atomic E-state index is 9.98. The van der Waals surface area contributed by atoms with Crippen LogP contribution in [0, 0.1) is 0 Å². The fourth-order valence-electron chi connectivity index (χ4n) is 1.58. The van der Waals surface area contributed by atoms with Gasteiger partial charge in [-0.15, -0.1) is 11.3 Å². The van der Waals surface area contributed by atoms with Gasteiger partial charge in [0.25, 0.3) is 0 Å². The number of thiophene rings is 1. The van der Waals surface area contributed by atoms with Crippen molar-refractivity contribution >= 4 is 38.9 Å². The summed E-state index contributed by atoms with van der Waals surface area (Å²) in [6.07, 6.45) is -0.509. The Balaban J connectivity index is 1.81. The third-order valence-corrected chi connectivity index (χ3v) is 4.40. The zero-order valence-electron chi connectivity index (χ0n) is 9.57. The number of rotatable bonds is 5. The third kappa shape index (κ3) is 4.07. The van der Waals surface area contributed by atoms with Crippen LogP contribution in [-0.4, -0.2) is 11.7 Å². The van der Waals surface area contributed by atoms with Crippen molar-refractivity contribution < 1.29 is 5.11 Å². The summed E-state index contributed by atoms with van der Waals surface area (Å²) < 4.78 is 1.12. The summed E-state index contributed by atoms with van der Waals surface area (Å²) in [6.45, 7) is 1.29. The van der Waals surface area contributed by atoms with Gasteiger partial charge in [-0.2, -0.15) is 0 Å². The summed E-state index contributed by atoms with van der Waals surface area (Å²) in [6, 6.07) is 11.4. The SMILES string of the molecule is OC(CNCc1ccc(Br)s1)c1ccc(Cl)cc1. The highest BCUT2D eigenvalue weighted by Crippen LogP contribution is 2.22. The Morgan fingerprint density at radius 3 is 2.56 bits per heavy atom. The Hall–Kier alpha value is -0.390. The molecular formula is C13H13BrClNOS. The van der Waals surface area contributed by atoms with Crippen molar-refractivity contribution in [3.63, 3.8) is 0 Å². The summed E-state index contributed by atoms with van der Waals surface area (Å²) in [5, 5.41) is 13.9. The van der Waals surface area contributed by atoms with Crippen molar-refractivity contribution in [3.05, 3.63) is 55.6 Å². The lowest BCUT2D eigenvalue weighted by atomic mass is 10.1. The molecular weight excluding hydrogens is 334 g/mol. The van der Waals surface area contributed by atoms with Crippen LogP contribution in [0.3, 0.4) is 0 Å². The van der Waals surface area contributed by atoms with E-state index in [4.69, 9.17) is 11.6 Å². The largest absolute Gasteiger partial charge is 0.387 e. The minimum atomic E-state index is -0.509. The van der Waals surface area contributed by atoms with E-state index in [0.29, 0.717) is 11.6 Å². The van der Waals surface area contributed by atoms with E-state index in [1.165, 1.54) is 4.88 Å². The first-order valence-corrected chi connectivity index (χ1v) is 7.52. The van der Waals surface area contributed by atoms with Crippen molar-refractivity contribution in [1.82, 2.24) is 5.32 Å². The zero-order valence-corrected chi connectivity index (χ0v) is 12.7. The molecule has 18 heavy (non-hydrogen) atoms. The predicted molar refractivity (Wildman–Crippen MR) is 80.1 cm³/mol. The van der Waals surface area contributed by atoms with Crippen LogP contribution in [0.5, 0.6) is 0 Å². The highest BCUT2D eigenvalue weighted by Gasteiger charge is 2.07. The van der Waals surface area contributed by atoms with Crippen LogP contribution in [0.1, 0.15) is 16.5 Å². The van der Waals surface area contributed by atoms with Crippen LogP contribution in [0.25, 0.3) is 0 Å². The van der Waals surface area contributed by atoms with Gasteiger partial charge in [0, 0.05) is 23.0 Å². The van der Waals surface area contributed by atoms with Gasteiger partial charge in [0.2, 0.25) is 0 Å². The molecule has 5 heteroatoms. The van der Waals surface area contributed by atoms with Crippen LogP contribution in [0.4, 0.5) is 0 Å². The van der Waals surface area contributed by atoms with E-state index in [-0.39, 0.29) is 0 Å². The van der Waals surface area contributed by atoms with Gasteiger partial charge in [-0.1, -0.05) is 23.7 Å². The van der Waals surface area contributed by atoms with Crippen molar-refractivity contribution in [1.29, 1.82) is 0 Å². The number of benzene rings is 1. The number of hydrogen-bond acceptors (Lipinski definition) is 3. The molecule has 0 saturated carbocycles. The Morgan fingerprint density at radius 2 is 1.94 bits per heavy atom. The highest BCUT2D eigenvalue weighted by molar-refractivity contribution is 9.11. The molecule has 0 aliphatic rings. The zero-order chi connectivity index (χ0) is 13.0. The lowest BCUT2D eigenvalue weighted by Gasteiger charge is -2.11. The van der Waals surface area contributed by atoms with Crippen LogP contribution >= 0.6 is 38.9 Å². The molecule has 2 N–H and O–H groups in total. The maximum atomic E-state index is 9.98. The van der Waals surface area contributed by atoms with E-state index in [1.807, 2.05) is 18.2 Å². The summed E-state index contributed by atoms with van der Waals surface area (Å²) in [7, 11) is 0. The van der Waals surface area contributed by atoms with E-state index in [0.717, 1.165) is 15.9 Å². The second-order valence-electron chi connectivity index (χ2n) is 3.90. The number of aliphatic hydroxyl groups is 1. The summed E-state index contributed by atoms with van der Waals surface area (Å²) >= 11 is 10.9. The predicted octanol–water partition coefficient (Wildman–Crippen LogP) is 3.99. The first kappa shape index (κ1) is 14.0. The molecule has 1 heterocycles. The van der Waals surface area contributed by atoms with Crippen LogP contribution in [0.2, 0.25) is 5.02 Å². The number of aliphatic hydroxyl groups excluding tert-OH is 1. The van der Waals surface area contributed by atoms with Crippen LogP contribution < -0.4 is 5.32 Å². The van der Waals surface area contributed by atoms with Crippen LogP contribution in [0.15, 0.2) is 40.2 Å². The Kier molecular flexibility index (Phi) is 5.21. The molecule has 1 aromatic heterocycles. The van der Waals surface area contributed by atoms with E-state index in [1.54, 1.807) is 23.5 Å². The topological polar surface area (TPSA) is 32.3 Å². The molecule has 0 spiro atoms. The summed E-state index contributed by atoms with van der Waals surface area (Å²) in [5.74, 6) is 0. The number of nitrogens with one attached hydrogen (secondary N) is 1. The molecule has 2 rings (SSSR count). The van der Waals surface area contributed by atoms with Gasteiger partial charge >= 0.3 is 0 Å². The number of hydrogen-bond donors (Lipinski definition) is 2. The van der Waals surface area contributed by atoms with Crippen molar-refractivity contribution in [3.8, 4) is 0 Å². The average Bonchev–Trinajstić information content (AvgIpc) is 2.76. The monoisotopic (exact) mass is 345 g/mol. The molecule has 1 atom stereocenters. The lowest BCUT2D eigenvalue weighted by Crippen LogP contribution is -2.20. The molecule has 1 aromatic carbocycles. The Morgan fingerprint density at radius 1 is 1.22 bits per heavy atom. The standard InChI is InChI=1S/C13H13BrClNOS/c14-13-6-5-11(18-13)7-16-8-12(17)9-1-3-10(15)4-2-9/h1-6,12,16-17H,7-8H2. The molecule has 0 aliphatic heterocycles. The molecule has 2 nitrogen and oxygen atoms in total. The van der Waals surface area contributed by atoms with E-state index in [2.05, 4.69) is 27.3 Å². The fourth-order valence-corrected chi connectivity index (χ4v) is 3.16. The third-order valence-electron chi connectivity index (χ3n) is 2.52. The van der Waals surface area contributed by atoms with Gasteiger partial charge in [-0.3, -0.25) is 0 Å². The smallest absolute Gasteiger partial charge is 0.0914 e. The molecule has 0 radical (unpaired) electrons. The minimum Gasteiger partial charge on any atom is -0.387 e. The van der Waals surface area contributed by atoms with E-state index >= 15 is 0 Å². The normalized spacial score (nSPS) is 12.6. The molecule has 96 valence electrons. The highest BCUT2D eigenvalue weighted by atomic mass is 79.9. The molecule has 0 aliphatic carbocycles. The van der Waals surface area contributed by atoms with Crippen molar-refractivity contribution in [2.45, 2.75) is 12.6 Å². The molecule has 0 fully saturated rings. The molecule has 0 saturated heterocycles. The van der Waals surface area contributed by atoms with Gasteiger partial charge in [0.1, 0.15) is 0 Å². The first-order valence-electron chi connectivity index (χ1n) is 5.53. The Labute approximate surface area is 124 Å². The van der Waals surface area contributed by atoms with Gasteiger partial charge in [-0.05, 0) is 45.8 Å². The molecule has 2 aromatic rings. The molecule has 0 amide bonds. The second-order valence-corrected chi connectivity index (χ2v) is 6.89. The van der Waals surface area contributed by atoms with Gasteiger partial charge in [0.15, 0.2) is 0 Å². The van der Waals surface area contributed by atoms with Gasteiger partial charge in [0.05, 0.1) is 9.89 Å². The van der Waals surface area contributed by atoms with E-state index in [9.17, 15) is 5.11 Å². The molecule has 0 bridgehead atoms. The lowest BCUT2D eigenvalue weighted by molar-refractivity contribution is 0.174. The number of halogens is 2. The fraction of sp³-hybridized carbons (Fsp3) is 0.231. The first-order chi connectivity index (χ1) is 8.65. The van der Waals surface area contributed by atoms with Gasteiger partial charge in [-0.25, -0.2) is 0 Å². The Bertz CT molecular complexity index is 500. The van der Waals surface area contributed by atoms with Crippen molar-refractivity contribution in [2.24, 2.45) is 0 Å². The van der Waals surface area contributed by atoms with Crippen molar-refractivity contribution in [2.75, 3.05) is 6.54 Å². The minimum absolute atomic E-state index is 0.509. The quantitative estimate of drug-likeness (QED) is 0.858. The average molecular weight is 347 g/mol.